The number of alkyl carbamates (subject to hydrolysis) is 1. The van der Waals surface area contributed by atoms with Gasteiger partial charge in [0.1, 0.15) is 5.76 Å². The van der Waals surface area contributed by atoms with Gasteiger partial charge in [-0.1, -0.05) is 30.3 Å². The molecule has 0 atom stereocenters. The highest BCUT2D eigenvalue weighted by Crippen LogP contribution is 2.23. The number of aromatic nitrogens is 1. The van der Waals surface area contributed by atoms with Gasteiger partial charge >= 0.3 is 6.09 Å². The number of pyridine rings is 1. The summed E-state index contributed by atoms with van der Waals surface area (Å²) in [6.45, 7) is 0.566. The Bertz CT molecular complexity index is 680. The number of allylic oxidation sites excluding steroid dienone is 1. The Hall–Kier alpha value is -2.62. The molecule has 3 rings (SSSR count). The number of amides is 1. The molecule has 22 heavy (non-hydrogen) atoms. The highest BCUT2D eigenvalue weighted by molar-refractivity contribution is 5.70. The van der Waals surface area contributed by atoms with Crippen LogP contribution in [0.25, 0.3) is 6.08 Å². The first kappa shape index (κ1) is 14.3. The Balaban J connectivity index is 1.49. The van der Waals surface area contributed by atoms with Crippen molar-refractivity contribution in [1.82, 2.24) is 10.3 Å². The maximum atomic E-state index is 11.8. The van der Waals surface area contributed by atoms with Crippen LogP contribution >= 0.6 is 0 Å². The van der Waals surface area contributed by atoms with Gasteiger partial charge in [-0.25, -0.2) is 4.79 Å². The number of hydrogen-bond donors (Lipinski definition) is 1. The van der Waals surface area contributed by atoms with Crippen LogP contribution in [0.3, 0.4) is 0 Å². The molecule has 0 aliphatic heterocycles. The molecule has 1 aromatic carbocycles. The van der Waals surface area contributed by atoms with Gasteiger partial charge < -0.3 is 10.1 Å². The molecule has 1 aliphatic carbocycles. The number of carbonyl (C=O) groups excluding carboxylic acids is 1. The maximum absolute atomic E-state index is 11.8. The molecule has 4 nitrogen and oxygen atoms in total. The summed E-state index contributed by atoms with van der Waals surface area (Å²) in [6.07, 6.45) is 7.51. The van der Waals surface area contributed by atoms with E-state index in [0.29, 0.717) is 12.3 Å². The van der Waals surface area contributed by atoms with Crippen LogP contribution in [0.5, 0.6) is 0 Å². The van der Waals surface area contributed by atoms with E-state index in [2.05, 4.69) is 10.3 Å². The number of hydrogen-bond acceptors (Lipinski definition) is 3. The Morgan fingerprint density at radius 1 is 1.18 bits per heavy atom. The molecule has 1 aliphatic rings. The van der Waals surface area contributed by atoms with E-state index in [0.717, 1.165) is 24.8 Å². The largest absolute Gasteiger partial charge is 0.415 e. The minimum atomic E-state index is -0.389. The average Bonchev–Trinajstić information content (AvgIpc) is 2.56. The van der Waals surface area contributed by atoms with Crippen LogP contribution in [0.4, 0.5) is 4.79 Å². The third kappa shape index (κ3) is 3.73. The number of nitrogens with zero attached hydrogens (tertiary/aromatic N) is 1. The van der Waals surface area contributed by atoms with Crippen molar-refractivity contribution in [3.05, 3.63) is 71.2 Å². The Labute approximate surface area is 129 Å². The Morgan fingerprint density at radius 3 is 2.91 bits per heavy atom. The summed E-state index contributed by atoms with van der Waals surface area (Å²) in [5.74, 6) is 0.705. The van der Waals surface area contributed by atoms with Crippen LogP contribution in [0.15, 0.2) is 54.6 Å². The van der Waals surface area contributed by atoms with Crippen LogP contribution in [0, 0.1) is 0 Å². The lowest BCUT2D eigenvalue weighted by Crippen LogP contribution is -2.26. The first-order valence-electron chi connectivity index (χ1n) is 7.44. The average molecular weight is 294 g/mol. The fraction of sp³-hybridized carbons (Fsp3) is 0.222. The summed E-state index contributed by atoms with van der Waals surface area (Å²) < 4.78 is 5.38. The lowest BCUT2D eigenvalue weighted by molar-refractivity contribution is 0.173. The normalized spacial score (nSPS) is 13.0. The SMILES string of the molecule is O=C(NCCc1ccccc1)OC1=Cc2ccncc2CC1. The number of benzene rings is 1. The number of rotatable bonds is 4. The first-order chi connectivity index (χ1) is 10.8. The smallest absolute Gasteiger partial charge is 0.412 e. The maximum Gasteiger partial charge on any atom is 0.412 e. The molecule has 0 spiro atoms. The van der Waals surface area contributed by atoms with Crippen molar-refractivity contribution < 1.29 is 9.53 Å². The van der Waals surface area contributed by atoms with Crippen LogP contribution in [0.1, 0.15) is 23.1 Å². The predicted octanol–water partition coefficient (Wildman–Crippen LogP) is 3.34. The number of fused-ring (bicyclic) bond motifs is 1. The van der Waals surface area contributed by atoms with E-state index in [9.17, 15) is 4.79 Å². The molecule has 0 fully saturated rings. The number of nitrogens with one attached hydrogen (secondary N) is 1. The molecule has 1 heterocycles. The Morgan fingerprint density at radius 2 is 2.05 bits per heavy atom. The third-order valence-corrected chi connectivity index (χ3v) is 3.65. The van der Waals surface area contributed by atoms with Gasteiger partial charge in [0.2, 0.25) is 0 Å². The molecule has 0 bridgehead atoms. The van der Waals surface area contributed by atoms with E-state index < -0.39 is 0 Å². The van der Waals surface area contributed by atoms with Crippen molar-refractivity contribution >= 4 is 12.2 Å². The second-order valence-electron chi connectivity index (χ2n) is 5.24. The predicted molar refractivity (Wildman–Crippen MR) is 85.2 cm³/mol. The molecular weight excluding hydrogens is 276 g/mol. The summed E-state index contributed by atoms with van der Waals surface area (Å²) >= 11 is 0. The van der Waals surface area contributed by atoms with E-state index in [1.807, 2.05) is 48.7 Å². The van der Waals surface area contributed by atoms with Gasteiger partial charge in [-0.05, 0) is 41.7 Å². The highest BCUT2D eigenvalue weighted by atomic mass is 16.6. The zero-order valence-electron chi connectivity index (χ0n) is 12.3. The molecule has 1 amide bonds. The molecule has 0 radical (unpaired) electrons. The summed E-state index contributed by atoms with van der Waals surface area (Å²) in [7, 11) is 0. The minimum absolute atomic E-state index is 0.389. The molecule has 0 saturated heterocycles. The minimum Gasteiger partial charge on any atom is -0.415 e. The summed E-state index contributed by atoms with van der Waals surface area (Å²) in [5.41, 5.74) is 3.47. The number of ether oxygens (including phenoxy) is 1. The Kier molecular flexibility index (Phi) is 4.49. The zero-order valence-corrected chi connectivity index (χ0v) is 12.3. The lowest BCUT2D eigenvalue weighted by atomic mass is 9.99. The first-order valence-corrected chi connectivity index (χ1v) is 7.44. The van der Waals surface area contributed by atoms with E-state index in [1.54, 1.807) is 6.20 Å². The van der Waals surface area contributed by atoms with Crippen LogP contribution in [0.2, 0.25) is 0 Å². The molecule has 0 saturated carbocycles. The standard InChI is InChI=1S/C18H18N2O2/c21-18(20-11-8-14-4-2-1-3-5-14)22-17-7-6-16-13-19-10-9-15(16)12-17/h1-5,9-10,12-13H,6-8,11H2,(H,20,21). The van der Waals surface area contributed by atoms with Crippen molar-refractivity contribution in [3.8, 4) is 0 Å². The van der Waals surface area contributed by atoms with E-state index in [-0.39, 0.29) is 6.09 Å². The quantitative estimate of drug-likeness (QED) is 0.941. The topological polar surface area (TPSA) is 51.2 Å². The highest BCUT2D eigenvalue weighted by Gasteiger charge is 2.13. The summed E-state index contributed by atoms with van der Waals surface area (Å²) in [4.78, 5) is 15.9. The van der Waals surface area contributed by atoms with Gasteiger partial charge in [0.15, 0.2) is 0 Å². The molecule has 0 unspecified atom stereocenters. The summed E-state index contributed by atoms with van der Waals surface area (Å²) in [5, 5.41) is 2.79. The number of aryl methyl sites for hydroxylation is 1. The van der Waals surface area contributed by atoms with Crippen LogP contribution < -0.4 is 5.32 Å². The fourth-order valence-corrected chi connectivity index (χ4v) is 2.48. The van der Waals surface area contributed by atoms with Gasteiger partial charge in [-0.15, -0.1) is 0 Å². The van der Waals surface area contributed by atoms with Gasteiger partial charge in [-0.3, -0.25) is 4.98 Å². The third-order valence-electron chi connectivity index (χ3n) is 3.65. The second kappa shape index (κ2) is 6.89. The van der Waals surface area contributed by atoms with Crippen molar-refractivity contribution in [3.63, 3.8) is 0 Å². The number of carbonyl (C=O) groups is 1. The van der Waals surface area contributed by atoms with E-state index >= 15 is 0 Å². The lowest BCUT2D eigenvalue weighted by Gasteiger charge is -2.16. The van der Waals surface area contributed by atoms with Crippen molar-refractivity contribution in [2.45, 2.75) is 19.3 Å². The molecule has 1 aromatic heterocycles. The van der Waals surface area contributed by atoms with E-state index in [1.165, 1.54) is 11.1 Å². The summed E-state index contributed by atoms with van der Waals surface area (Å²) in [6, 6.07) is 12.0. The van der Waals surface area contributed by atoms with Crippen molar-refractivity contribution in [2.24, 2.45) is 0 Å². The molecule has 4 heteroatoms. The van der Waals surface area contributed by atoms with Gasteiger partial charge in [0.25, 0.3) is 0 Å². The van der Waals surface area contributed by atoms with Crippen LogP contribution in [-0.4, -0.2) is 17.6 Å². The monoisotopic (exact) mass is 294 g/mol. The van der Waals surface area contributed by atoms with Crippen LogP contribution in [-0.2, 0) is 17.6 Å². The zero-order chi connectivity index (χ0) is 15.2. The molecule has 1 N–H and O–H groups in total. The molecule has 2 aromatic rings. The van der Waals surface area contributed by atoms with Gasteiger partial charge in [0, 0.05) is 25.4 Å². The molecular formula is C18H18N2O2. The second-order valence-corrected chi connectivity index (χ2v) is 5.24. The van der Waals surface area contributed by atoms with Gasteiger partial charge in [0.05, 0.1) is 0 Å². The van der Waals surface area contributed by atoms with Crippen molar-refractivity contribution in [2.75, 3.05) is 6.54 Å². The van der Waals surface area contributed by atoms with Gasteiger partial charge in [-0.2, -0.15) is 0 Å². The molecule has 112 valence electrons. The van der Waals surface area contributed by atoms with E-state index in [4.69, 9.17) is 4.74 Å². The fourth-order valence-electron chi connectivity index (χ4n) is 2.48. The van der Waals surface area contributed by atoms with Crippen molar-refractivity contribution in [1.29, 1.82) is 0 Å².